The fourth-order valence-corrected chi connectivity index (χ4v) is 5.56. The van der Waals surface area contributed by atoms with Crippen LogP contribution >= 0.6 is 11.6 Å². The molecule has 1 aliphatic rings. The number of hydrogen-bond donors (Lipinski definition) is 1. The Morgan fingerprint density at radius 2 is 1.61 bits per heavy atom. The van der Waals surface area contributed by atoms with Crippen LogP contribution in [-0.2, 0) is 6.54 Å². The Balaban J connectivity index is 1.40. The fourth-order valence-electron chi connectivity index (χ4n) is 5.16. The molecule has 0 spiro atoms. The zero-order valence-electron chi connectivity index (χ0n) is 21.5. The third-order valence-electron chi connectivity index (χ3n) is 7.21. The summed E-state index contributed by atoms with van der Waals surface area (Å²) in [5.74, 6) is -2.46. The lowest BCUT2D eigenvalue weighted by molar-refractivity contribution is 0.0695. The zero-order chi connectivity index (χ0) is 28.7. The number of hydrogen-bond acceptors (Lipinski definition) is 6. The highest BCUT2D eigenvalue weighted by Gasteiger charge is 2.27. The van der Waals surface area contributed by atoms with E-state index in [1.807, 2.05) is 12.1 Å². The molecule has 0 atom stereocenters. The molecule has 41 heavy (non-hydrogen) atoms. The van der Waals surface area contributed by atoms with Crippen molar-refractivity contribution in [3.05, 3.63) is 111 Å². The van der Waals surface area contributed by atoms with Gasteiger partial charge in [-0.1, -0.05) is 28.9 Å². The summed E-state index contributed by atoms with van der Waals surface area (Å²) >= 11 is 6.87. The molecule has 3 heterocycles. The van der Waals surface area contributed by atoms with Gasteiger partial charge >= 0.3 is 5.97 Å². The Kier molecular flexibility index (Phi) is 6.88. The van der Waals surface area contributed by atoms with Crippen LogP contribution in [0.25, 0.3) is 16.6 Å². The number of aromatic carboxylic acids is 1. The summed E-state index contributed by atoms with van der Waals surface area (Å²) in [6.07, 6.45) is 4.53. The third-order valence-corrected chi connectivity index (χ3v) is 7.56. The van der Waals surface area contributed by atoms with Crippen LogP contribution in [0.15, 0.2) is 78.0 Å². The second-order valence-electron chi connectivity index (χ2n) is 9.68. The second kappa shape index (κ2) is 10.7. The molecule has 9 nitrogen and oxygen atoms in total. The van der Waals surface area contributed by atoms with Gasteiger partial charge in [-0.2, -0.15) is 0 Å². The highest BCUT2D eigenvalue weighted by molar-refractivity contribution is 6.38. The summed E-state index contributed by atoms with van der Waals surface area (Å²) in [5.41, 5.74) is 1.35. The van der Waals surface area contributed by atoms with Crippen LogP contribution < -0.4 is 15.2 Å². The summed E-state index contributed by atoms with van der Waals surface area (Å²) in [6.45, 7) is 2.41. The van der Waals surface area contributed by atoms with Crippen molar-refractivity contribution in [1.29, 1.82) is 0 Å². The van der Waals surface area contributed by atoms with Gasteiger partial charge < -0.3 is 19.5 Å². The van der Waals surface area contributed by atoms with Gasteiger partial charge in [-0.25, -0.2) is 18.3 Å². The average Bonchev–Trinajstić information content (AvgIpc) is 3.48. The van der Waals surface area contributed by atoms with Gasteiger partial charge in [-0.3, -0.25) is 4.79 Å². The number of piperazine rings is 1. The monoisotopic (exact) mass is 576 g/mol. The number of nitrogens with zero attached hydrogens (tertiary/aromatic N) is 6. The maximum Gasteiger partial charge on any atom is 0.341 e. The molecule has 0 aliphatic carbocycles. The minimum absolute atomic E-state index is 0.0102. The predicted molar refractivity (Wildman–Crippen MR) is 151 cm³/mol. The van der Waals surface area contributed by atoms with Gasteiger partial charge in [0.05, 0.1) is 34.4 Å². The van der Waals surface area contributed by atoms with E-state index in [9.17, 15) is 19.1 Å². The topological polar surface area (TPSA) is 96.5 Å². The fraction of sp³-hybridized carbons (Fsp3) is 0.172. The lowest BCUT2D eigenvalue weighted by Gasteiger charge is -2.38. The number of halogens is 3. The lowest BCUT2D eigenvalue weighted by Crippen LogP contribution is -2.47. The summed E-state index contributed by atoms with van der Waals surface area (Å²) in [6, 6.07) is 14.5. The number of aromatic nitrogens is 4. The molecule has 1 aliphatic heterocycles. The molecular formula is C29H23ClF2N6O3. The van der Waals surface area contributed by atoms with Crippen LogP contribution in [-0.4, -0.2) is 56.8 Å². The quantitative estimate of drug-likeness (QED) is 0.316. The van der Waals surface area contributed by atoms with Gasteiger partial charge in [-0.05, 0) is 48.0 Å². The Morgan fingerprint density at radius 3 is 2.24 bits per heavy atom. The Labute approximate surface area is 237 Å². The molecule has 0 bridgehead atoms. The minimum Gasteiger partial charge on any atom is -0.477 e. The maximum absolute atomic E-state index is 15.6. The van der Waals surface area contributed by atoms with Crippen molar-refractivity contribution in [1.82, 2.24) is 19.6 Å². The first kappa shape index (κ1) is 26.5. The van der Waals surface area contributed by atoms with Crippen LogP contribution in [0, 0.1) is 11.6 Å². The molecule has 6 rings (SSSR count). The van der Waals surface area contributed by atoms with Gasteiger partial charge in [0.15, 0.2) is 0 Å². The number of anilines is 2. The molecule has 1 saturated heterocycles. The molecule has 1 fully saturated rings. The largest absolute Gasteiger partial charge is 0.477 e. The molecule has 0 amide bonds. The highest BCUT2D eigenvalue weighted by Crippen LogP contribution is 2.37. The molecule has 2 aromatic heterocycles. The van der Waals surface area contributed by atoms with Crippen LogP contribution in [0.3, 0.4) is 0 Å². The normalized spacial score (nSPS) is 13.6. The maximum atomic E-state index is 15.6. The van der Waals surface area contributed by atoms with E-state index >= 15 is 4.39 Å². The smallest absolute Gasteiger partial charge is 0.341 e. The Morgan fingerprint density at radius 1 is 0.951 bits per heavy atom. The molecule has 12 heteroatoms. The predicted octanol–water partition coefficient (Wildman–Crippen LogP) is 4.59. The van der Waals surface area contributed by atoms with Gasteiger partial charge in [0.25, 0.3) is 0 Å². The van der Waals surface area contributed by atoms with E-state index in [4.69, 9.17) is 11.6 Å². The highest BCUT2D eigenvalue weighted by atomic mass is 35.5. The van der Waals surface area contributed by atoms with Gasteiger partial charge in [0.2, 0.25) is 5.43 Å². The molecule has 5 aromatic rings. The van der Waals surface area contributed by atoms with Crippen molar-refractivity contribution in [3.8, 4) is 5.69 Å². The zero-order valence-corrected chi connectivity index (χ0v) is 22.3. The summed E-state index contributed by atoms with van der Waals surface area (Å²) in [4.78, 5) is 28.9. The van der Waals surface area contributed by atoms with E-state index in [2.05, 4.69) is 15.2 Å². The molecule has 0 radical (unpaired) electrons. The molecule has 208 valence electrons. The number of fused-ring (bicyclic) bond motifs is 1. The standard InChI is InChI=1S/C29H23ClF2N6O3/c30-25-26-22(15-24(32)27(25)36-13-11-35(12-14-36)20-7-3-19(31)4-8-20)28(39)23(29(40)41)17-38(26)21-5-1-18(2-6-21)16-37-10-9-33-34-37/h1-10,15,17H,11-14,16H2,(H,40,41). The number of carboxylic acids is 1. The Hall–Kier alpha value is -4.77. The van der Waals surface area contributed by atoms with Crippen LogP contribution in [0.2, 0.25) is 5.02 Å². The van der Waals surface area contributed by atoms with E-state index in [1.54, 1.807) is 46.2 Å². The first-order valence-corrected chi connectivity index (χ1v) is 13.2. The van der Waals surface area contributed by atoms with Crippen LogP contribution in [0.5, 0.6) is 0 Å². The van der Waals surface area contributed by atoms with Crippen molar-refractivity contribution in [2.24, 2.45) is 0 Å². The number of carbonyl (C=O) groups is 1. The van der Waals surface area contributed by atoms with Gasteiger partial charge in [-0.15, -0.1) is 5.10 Å². The van der Waals surface area contributed by atoms with E-state index in [-0.39, 0.29) is 27.4 Å². The summed E-state index contributed by atoms with van der Waals surface area (Å²) < 4.78 is 32.2. The Bertz CT molecular complexity index is 1800. The molecule has 1 N–H and O–H groups in total. The molecular weight excluding hydrogens is 554 g/mol. The number of pyridine rings is 1. The van der Waals surface area contributed by atoms with Crippen LogP contribution in [0.4, 0.5) is 20.2 Å². The number of rotatable bonds is 6. The van der Waals surface area contributed by atoms with Gasteiger partial charge in [0.1, 0.15) is 17.2 Å². The first-order chi connectivity index (χ1) is 19.8. The lowest BCUT2D eigenvalue weighted by atomic mass is 10.1. The van der Waals surface area contributed by atoms with Crippen molar-refractivity contribution in [2.45, 2.75) is 6.54 Å². The number of benzene rings is 3. The van der Waals surface area contributed by atoms with E-state index in [0.717, 1.165) is 17.3 Å². The average molecular weight is 577 g/mol. The first-order valence-electron chi connectivity index (χ1n) is 12.8. The number of carboxylic acid groups (broad SMARTS) is 1. The van der Waals surface area contributed by atoms with Crippen molar-refractivity contribution < 1.29 is 18.7 Å². The van der Waals surface area contributed by atoms with E-state index in [1.165, 1.54) is 22.9 Å². The van der Waals surface area contributed by atoms with E-state index < -0.39 is 22.8 Å². The summed E-state index contributed by atoms with van der Waals surface area (Å²) in [5, 5.41) is 17.4. The summed E-state index contributed by atoms with van der Waals surface area (Å²) in [7, 11) is 0. The second-order valence-corrected chi connectivity index (χ2v) is 10.1. The van der Waals surface area contributed by atoms with Crippen molar-refractivity contribution >= 4 is 39.8 Å². The third kappa shape index (κ3) is 5.00. The van der Waals surface area contributed by atoms with E-state index in [0.29, 0.717) is 38.4 Å². The SMILES string of the molecule is O=C(O)c1cn(-c2ccc(Cn3ccnn3)cc2)c2c(Cl)c(N3CCN(c4ccc(F)cc4)CC3)c(F)cc2c1=O. The van der Waals surface area contributed by atoms with Crippen molar-refractivity contribution in [2.75, 3.05) is 36.0 Å². The minimum atomic E-state index is -1.43. The molecule has 0 unspecified atom stereocenters. The van der Waals surface area contributed by atoms with Gasteiger partial charge in [0, 0.05) is 49.9 Å². The van der Waals surface area contributed by atoms with Crippen LogP contribution in [0.1, 0.15) is 15.9 Å². The molecule has 3 aromatic carbocycles. The molecule has 0 saturated carbocycles. The van der Waals surface area contributed by atoms with Crippen molar-refractivity contribution in [3.63, 3.8) is 0 Å².